The Bertz CT molecular complexity index is 1620. The van der Waals surface area contributed by atoms with Gasteiger partial charge < -0.3 is 24.8 Å². The van der Waals surface area contributed by atoms with E-state index in [2.05, 4.69) is 5.32 Å². The summed E-state index contributed by atoms with van der Waals surface area (Å²) >= 11 is 0. The van der Waals surface area contributed by atoms with Crippen molar-refractivity contribution in [3.05, 3.63) is 60.2 Å². The summed E-state index contributed by atoms with van der Waals surface area (Å²) in [6, 6.07) is 13.4. The van der Waals surface area contributed by atoms with Crippen LogP contribution in [0.4, 0.5) is 0 Å². The third kappa shape index (κ3) is 5.60. The van der Waals surface area contributed by atoms with Gasteiger partial charge in [0.15, 0.2) is 5.82 Å². The lowest BCUT2D eigenvalue weighted by Gasteiger charge is -2.26. The molecule has 44 heavy (non-hydrogen) atoms. The van der Waals surface area contributed by atoms with Gasteiger partial charge in [0.1, 0.15) is 17.4 Å². The van der Waals surface area contributed by atoms with E-state index in [9.17, 15) is 19.5 Å². The van der Waals surface area contributed by atoms with E-state index in [-0.39, 0.29) is 18.2 Å². The number of aryl methyl sites for hydroxylation is 1. The molecule has 1 aromatic heterocycles. The van der Waals surface area contributed by atoms with Gasteiger partial charge in [-0.25, -0.2) is 9.78 Å². The highest BCUT2D eigenvalue weighted by Crippen LogP contribution is 2.46. The van der Waals surface area contributed by atoms with E-state index in [1.54, 1.807) is 19.1 Å². The number of benzene rings is 2. The molecule has 2 heterocycles. The average molecular weight is 599 g/mol. The van der Waals surface area contributed by atoms with Crippen molar-refractivity contribution in [2.24, 2.45) is 17.8 Å². The smallest absolute Gasteiger partial charge is 0.330 e. The zero-order valence-electron chi connectivity index (χ0n) is 25.3. The summed E-state index contributed by atoms with van der Waals surface area (Å²) in [7, 11) is 3.38. The Morgan fingerprint density at radius 1 is 1.09 bits per heavy atom. The number of aliphatic carboxylic acids is 1. The summed E-state index contributed by atoms with van der Waals surface area (Å²) < 4.78 is 12.1. The number of aromatic nitrogens is 2. The molecule has 2 fully saturated rings. The lowest BCUT2D eigenvalue weighted by molar-refractivity contribution is -0.145. The molecular formula is C34H38N4O6. The van der Waals surface area contributed by atoms with Gasteiger partial charge in [-0.3, -0.25) is 9.59 Å². The number of carbonyl (C=O) groups is 3. The van der Waals surface area contributed by atoms with Crippen molar-refractivity contribution in [3.8, 4) is 23.0 Å². The number of fused-ring (bicyclic) bond motifs is 3. The highest BCUT2D eigenvalue weighted by molar-refractivity contribution is 5.94. The van der Waals surface area contributed by atoms with Crippen molar-refractivity contribution >= 4 is 28.7 Å². The predicted octanol–water partition coefficient (Wildman–Crippen LogP) is 4.55. The van der Waals surface area contributed by atoms with Crippen LogP contribution in [0.15, 0.2) is 54.6 Å². The van der Waals surface area contributed by atoms with Crippen LogP contribution in [0.3, 0.4) is 0 Å². The topological polar surface area (TPSA) is 131 Å². The van der Waals surface area contributed by atoms with Crippen molar-refractivity contribution < 1.29 is 29.0 Å². The molecule has 2 amide bonds. The number of hydrogen-bond donors (Lipinski definition) is 2. The van der Waals surface area contributed by atoms with Crippen molar-refractivity contribution in [3.63, 3.8) is 0 Å². The van der Waals surface area contributed by atoms with Crippen LogP contribution in [0, 0.1) is 24.7 Å². The molecule has 3 aliphatic rings. The van der Waals surface area contributed by atoms with E-state index in [1.165, 1.54) is 0 Å². The van der Waals surface area contributed by atoms with Crippen LogP contribution in [-0.2, 0) is 14.4 Å². The number of allylic oxidation sites excluding steroid dienone is 1. The summed E-state index contributed by atoms with van der Waals surface area (Å²) in [4.78, 5) is 51.1. The highest BCUT2D eigenvalue weighted by atomic mass is 16.5. The first-order valence-corrected chi connectivity index (χ1v) is 15.3. The molecule has 2 saturated carbocycles. The molecule has 2 N–H and O–H groups in total. The molecule has 0 radical (unpaired) electrons. The maximum atomic E-state index is 13.8. The third-order valence-electron chi connectivity index (χ3n) is 9.26. The molecule has 0 saturated heterocycles. The van der Waals surface area contributed by atoms with Crippen LogP contribution in [0.2, 0.25) is 0 Å². The van der Waals surface area contributed by atoms with E-state index < -0.39 is 35.4 Å². The number of hydrogen-bond acceptors (Lipinski definition) is 7. The van der Waals surface area contributed by atoms with Gasteiger partial charge in [-0.2, -0.15) is 4.98 Å². The number of rotatable bonds is 5. The summed E-state index contributed by atoms with van der Waals surface area (Å²) in [6.07, 6.45) is 6.83. The molecule has 3 aromatic rings. The van der Waals surface area contributed by atoms with Crippen LogP contribution in [0.1, 0.15) is 44.1 Å². The molecule has 1 unspecified atom stereocenters. The molecule has 0 spiro atoms. The van der Waals surface area contributed by atoms with Crippen LogP contribution >= 0.6 is 0 Å². The maximum absolute atomic E-state index is 13.8. The average Bonchev–Trinajstić information content (AvgIpc) is 3.56. The summed E-state index contributed by atoms with van der Waals surface area (Å²) in [5.74, 6) is -1.69. The zero-order chi connectivity index (χ0) is 31.0. The highest BCUT2D eigenvalue weighted by Gasteiger charge is 2.61. The van der Waals surface area contributed by atoms with Crippen molar-refractivity contribution in [2.75, 3.05) is 20.7 Å². The number of ether oxygens (including phenoxy) is 2. The van der Waals surface area contributed by atoms with E-state index in [0.29, 0.717) is 47.7 Å². The Hall–Kier alpha value is -4.47. The monoisotopic (exact) mass is 598 g/mol. The molecule has 2 aliphatic carbocycles. The number of carbonyl (C=O) groups excluding carboxylic acids is 2. The zero-order valence-corrected chi connectivity index (χ0v) is 25.3. The Kier molecular flexibility index (Phi) is 8.00. The van der Waals surface area contributed by atoms with Gasteiger partial charge in [0.25, 0.3) is 0 Å². The number of methoxy groups -OCH3 is 1. The molecule has 2 aromatic carbocycles. The molecular weight excluding hydrogens is 560 g/mol. The van der Waals surface area contributed by atoms with Gasteiger partial charge in [0, 0.05) is 31.1 Å². The SMILES string of the molecule is COc1cc2nc(-c3ccccc3)nc(O[C@@H]3C[C@H]4C(=O)NC5(C(=O)O)C[C@@H]5/C=C\CCCCN(C)C(=O)[C@@H]4C3)c2cc1C. The summed E-state index contributed by atoms with van der Waals surface area (Å²) in [5.41, 5.74) is 1.03. The Morgan fingerprint density at radius 3 is 2.61 bits per heavy atom. The fraction of sp³-hybridized carbons (Fsp3) is 0.441. The second kappa shape index (κ2) is 11.9. The molecule has 5 atom stereocenters. The number of nitrogens with one attached hydrogen (secondary N) is 1. The van der Waals surface area contributed by atoms with E-state index >= 15 is 0 Å². The second-order valence-corrected chi connectivity index (χ2v) is 12.2. The first kappa shape index (κ1) is 29.6. The van der Waals surface area contributed by atoms with Crippen molar-refractivity contribution in [1.29, 1.82) is 0 Å². The van der Waals surface area contributed by atoms with Gasteiger partial charge in [-0.15, -0.1) is 0 Å². The quantitative estimate of drug-likeness (QED) is 0.409. The van der Waals surface area contributed by atoms with E-state index in [0.717, 1.165) is 30.4 Å². The van der Waals surface area contributed by atoms with Crippen LogP contribution in [0.5, 0.6) is 11.6 Å². The third-order valence-corrected chi connectivity index (χ3v) is 9.26. The molecule has 1 aliphatic heterocycles. The maximum Gasteiger partial charge on any atom is 0.330 e. The van der Waals surface area contributed by atoms with E-state index in [1.807, 2.05) is 61.5 Å². The summed E-state index contributed by atoms with van der Waals surface area (Å²) in [5, 5.41) is 13.6. The number of amides is 2. The number of carboxylic acid groups (broad SMARTS) is 1. The van der Waals surface area contributed by atoms with Gasteiger partial charge in [0.2, 0.25) is 17.7 Å². The molecule has 10 nitrogen and oxygen atoms in total. The van der Waals surface area contributed by atoms with Crippen LogP contribution in [0.25, 0.3) is 22.3 Å². The fourth-order valence-electron chi connectivity index (χ4n) is 6.61. The number of carboxylic acids is 1. The fourth-order valence-corrected chi connectivity index (χ4v) is 6.61. The van der Waals surface area contributed by atoms with Gasteiger partial charge in [-0.05, 0) is 57.1 Å². The van der Waals surface area contributed by atoms with Gasteiger partial charge in [0.05, 0.1) is 29.8 Å². The Labute approximate surface area is 256 Å². The van der Waals surface area contributed by atoms with Crippen molar-refractivity contribution in [1.82, 2.24) is 20.2 Å². The van der Waals surface area contributed by atoms with Gasteiger partial charge in [-0.1, -0.05) is 42.5 Å². The van der Waals surface area contributed by atoms with Gasteiger partial charge >= 0.3 is 5.97 Å². The molecule has 6 rings (SSSR count). The first-order chi connectivity index (χ1) is 21.2. The molecule has 0 bridgehead atoms. The second-order valence-electron chi connectivity index (χ2n) is 12.2. The largest absolute Gasteiger partial charge is 0.496 e. The van der Waals surface area contributed by atoms with Crippen molar-refractivity contribution in [2.45, 2.75) is 57.1 Å². The predicted molar refractivity (Wildman–Crippen MR) is 164 cm³/mol. The molecule has 10 heteroatoms. The first-order valence-electron chi connectivity index (χ1n) is 15.3. The minimum atomic E-state index is -1.33. The Morgan fingerprint density at radius 2 is 1.86 bits per heavy atom. The number of nitrogens with zero attached hydrogens (tertiary/aromatic N) is 3. The minimum absolute atomic E-state index is 0.126. The lowest BCUT2D eigenvalue weighted by Crippen LogP contribution is -2.49. The minimum Gasteiger partial charge on any atom is -0.496 e. The van der Waals surface area contributed by atoms with E-state index in [4.69, 9.17) is 19.4 Å². The van der Waals surface area contributed by atoms with Crippen LogP contribution < -0.4 is 14.8 Å². The standard InChI is InChI=1S/C34H38N4O6/c1-20-15-26-27(18-28(20)43-3)35-29(21-11-7-6-8-12-21)36-31(26)44-23-16-24-25(17-23)32(40)38(2)14-10-5-4-9-13-22-19-34(22,33(41)42)37-30(24)39/h6-9,11-13,15,18,22-25H,4-5,10,14,16-17,19H2,1-3H3,(H,37,39)(H,41,42)/b13-9-/t22-,23+,24+,25+,34?/m0/s1. The normalized spacial score (nSPS) is 27.9. The lowest BCUT2D eigenvalue weighted by atomic mass is 9.93. The Balaban J connectivity index is 1.34. The molecule has 230 valence electrons. The summed E-state index contributed by atoms with van der Waals surface area (Å²) in [6.45, 7) is 2.52. The van der Waals surface area contributed by atoms with Crippen LogP contribution in [-0.4, -0.2) is 70.1 Å².